The summed E-state index contributed by atoms with van der Waals surface area (Å²) >= 11 is 3.29. The maximum Gasteiger partial charge on any atom is 0.251 e. The molecule has 0 fully saturated rings. The Morgan fingerprint density at radius 2 is 2.00 bits per heavy atom. The van der Waals surface area contributed by atoms with Crippen molar-refractivity contribution in [3.63, 3.8) is 0 Å². The summed E-state index contributed by atoms with van der Waals surface area (Å²) in [7, 11) is 0. The van der Waals surface area contributed by atoms with Crippen LogP contribution in [0.1, 0.15) is 24.2 Å². The molecule has 0 radical (unpaired) electrons. The summed E-state index contributed by atoms with van der Waals surface area (Å²) in [5, 5.41) is 3.37. The molecule has 94 valence electrons. The number of nitrogens with one attached hydrogen (secondary N) is 1. The molecule has 0 aliphatic carbocycles. The number of amides is 1. The van der Waals surface area contributed by atoms with Crippen LogP contribution in [0.15, 0.2) is 18.2 Å². The molecule has 0 saturated heterocycles. The Morgan fingerprint density at radius 3 is 2.47 bits per heavy atom. The zero-order chi connectivity index (χ0) is 13.0. The minimum atomic E-state index is -1.02. The number of hydrogen-bond donors (Lipinski definition) is 1. The third-order valence-corrected chi connectivity index (χ3v) is 3.17. The van der Waals surface area contributed by atoms with Crippen LogP contribution in [0.4, 0.5) is 8.78 Å². The van der Waals surface area contributed by atoms with Crippen molar-refractivity contribution in [2.75, 3.05) is 5.33 Å². The Hall–Kier alpha value is -0.970. The molecule has 0 heterocycles. The summed E-state index contributed by atoms with van der Waals surface area (Å²) in [6, 6.07) is 3.06. The molecule has 0 aliphatic heterocycles. The Morgan fingerprint density at radius 1 is 1.35 bits per heavy atom. The molecule has 0 bridgehead atoms. The molecule has 5 heteroatoms. The second-order valence-electron chi connectivity index (χ2n) is 4.11. The number of alkyl halides is 1. The molecule has 0 aliphatic rings. The molecular weight excluding hydrogens is 292 g/mol. The Kier molecular flexibility index (Phi) is 5.05. The lowest BCUT2D eigenvalue weighted by atomic mass is 10.1. The fraction of sp³-hybridized carbons (Fsp3) is 0.417. The van der Waals surface area contributed by atoms with Crippen molar-refractivity contribution in [2.45, 2.75) is 19.9 Å². The zero-order valence-electron chi connectivity index (χ0n) is 9.64. The molecule has 1 amide bonds. The van der Waals surface area contributed by atoms with Crippen LogP contribution in [-0.2, 0) is 0 Å². The second kappa shape index (κ2) is 6.10. The number of carbonyl (C=O) groups excluding carboxylic acids is 1. The first-order chi connectivity index (χ1) is 7.95. The molecular formula is C12H14BrF2NO. The van der Waals surface area contributed by atoms with E-state index in [1.165, 1.54) is 6.07 Å². The van der Waals surface area contributed by atoms with Gasteiger partial charge >= 0.3 is 0 Å². The Labute approximate surface area is 108 Å². The van der Waals surface area contributed by atoms with E-state index in [9.17, 15) is 13.6 Å². The molecule has 0 aromatic heterocycles. The first kappa shape index (κ1) is 14.1. The molecule has 1 N–H and O–H groups in total. The van der Waals surface area contributed by atoms with Crippen LogP contribution in [0.25, 0.3) is 0 Å². The highest BCUT2D eigenvalue weighted by atomic mass is 79.9. The van der Waals surface area contributed by atoms with Crippen molar-refractivity contribution in [1.82, 2.24) is 5.32 Å². The van der Waals surface area contributed by atoms with Gasteiger partial charge < -0.3 is 5.32 Å². The lowest BCUT2D eigenvalue weighted by Gasteiger charge is -2.19. The highest BCUT2D eigenvalue weighted by Gasteiger charge is 2.16. The lowest BCUT2D eigenvalue weighted by Crippen LogP contribution is -2.39. The first-order valence-corrected chi connectivity index (χ1v) is 6.39. The van der Waals surface area contributed by atoms with Crippen LogP contribution in [0.5, 0.6) is 0 Å². The van der Waals surface area contributed by atoms with Gasteiger partial charge in [0, 0.05) is 16.9 Å². The van der Waals surface area contributed by atoms with Crippen LogP contribution in [0.3, 0.4) is 0 Å². The van der Waals surface area contributed by atoms with Gasteiger partial charge in [0.25, 0.3) is 5.91 Å². The van der Waals surface area contributed by atoms with Gasteiger partial charge in [0.05, 0.1) is 0 Å². The highest BCUT2D eigenvalue weighted by molar-refractivity contribution is 9.09. The van der Waals surface area contributed by atoms with Crippen molar-refractivity contribution in [3.05, 3.63) is 35.4 Å². The van der Waals surface area contributed by atoms with Gasteiger partial charge in [-0.1, -0.05) is 29.8 Å². The third kappa shape index (κ3) is 3.77. The minimum Gasteiger partial charge on any atom is -0.348 e. The molecule has 1 aromatic rings. The monoisotopic (exact) mass is 305 g/mol. The summed E-state index contributed by atoms with van der Waals surface area (Å²) in [5.74, 6) is -2.12. The average molecular weight is 306 g/mol. The highest BCUT2D eigenvalue weighted by Crippen LogP contribution is 2.10. The number of rotatable bonds is 4. The van der Waals surface area contributed by atoms with Crippen molar-refractivity contribution in [3.8, 4) is 0 Å². The molecule has 0 saturated carbocycles. The van der Waals surface area contributed by atoms with Crippen LogP contribution in [0.2, 0.25) is 0 Å². The predicted molar refractivity (Wildman–Crippen MR) is 66.2 cm³/mol. The summed E-state index contributed by atoms with van der Waals surface area (Å²) in [6.45, 7) is 3.94. The van der Waals surface area contributed by atoms with Gasteiger partial charge in [-0.2, -0.15) is 0 Å². The van der Waals surface area contributed by atoms with E-state index >= 15 is 0 Å². The standard InChI is InChI=1S/C12H14BrF2NO/c1-7(2)11(6-13)16-12(17)8-3-4-9(14)10(15)5-8/h3-5,7,11H,6H2,1-2H3,(H,16,17). The molecule has 1 atom stereocenters. The number of carbonyl (C=O) groups is 1. The fourth-order valence-corrected chi connectivity index (χ4v) is 2.18. The summed E-state index contributed by atoms with van der Waals surface area (Å²) < 4.78 is 25.7. The smallest absolute Gasteiger partial charge is 0.251 e. The number of benzene rings is 1. The summed E-state index contributed by atoms with van der Waals surface area (Å²) in [5.41, 5.74) is 0.121. The van der Waals surface area contributed by atoms with Crippen LogP contribution in [-0.4, -0.2) is 17.3 Å². The Bertz CT molecular complexity index is 409. The third-order valence-electron chi connectivity index (χ3n) is 2.47. The van der Waals surface area contributed by atoms with Gasteiger partial charge in [0.2, 0.25) is 0 Å². The van der Waals surface area contributed by atoms with E-state index in [0.29, 0.717) is 5.33 Å². The van der Waals surface area contributed by atoms with Crippen molar-refractivity contribution < 1.29 is 13.6 Å². The summed E-state index contributed by atoms with van der Waals surface area (Å²) in [6.07, 6.45) is 0. The first-order valence-electron chi connectivity index (χ1n) is 5.27. The van der Waals surface area contributed by atoms with Gasteiger partial charge in [-0.3, -0.25) is 4.79 Å². The van der Waals surface area contributed by atoms with E-state index < -0.39 is 17.5 Å². The van der Waals surface area contributed by atoms with Crippen LogP contribution in [0, 0.1) is 17.6 Å². The van der Waals surface area contributed by atoms with Crippen molar-refractivity contribution >= 4 is 21.8 Å². The fourth-order valence-electron chi connectivity index (χ4n) is 1.27. The van der Waals surface area contributed by atoms with Crippen molar-refractivity contribution in [1.29, 1.82) is 0 Å². The second-order valence-corrected chi connectivity index (χ2v) is 4.75. The van der Waals surface area contributed by atoms with Gasteiger partial charge in [-0.15, -0.1) is 0 Å². The van der Waals surface area contributed by atoms with E-state index in [-0.39, 0.29) is 17.5 Å². The van der Waals surface area contributed by atoms with Gasteiger partial charge in [0.15, 0.2) is 11.6 Å². The number of halogens is 3. The summed E-state index contributed by atoms with van der Waals surface area (Å²) in [4.78, 5) is 11.8. The van der Waals surface area contributed by atoms with E-state index in [2.05, 4.69) is 21.2 Å². The maximum absolute atomic E-state index is 13.0. The van der Waals surface area contributed by atoms with Crippen molar-refractivity contribution in [2.24, 2.45) is 5.92 Å². The van der Waals surface area contributed by atoms with Crippen LogP contribution >= 0.6 is 15.9 Å². The molecule has 0 spiro atoms. The molecule has 17 heavy (non-hydrogen) atoms. The molecule has 1 unspecified atom stereocenters. The normalized spacial score (nSPS) is 12.6. The zero-order valence-corrected chi connectivity index (χ0v) is 11.2. The quantitative estimate of drug-likeness (QED) is 0.851. The maximum atomic E-state index is 13.0. The number of hydrogen-bond acceptors (Lipinski definition) is 1. The van der Waals surface area contributed by atoms with Gasteiger partial charge in [-0.25, -0.2) is 8.78 Å². The largest absolute Gasteiger partial charge is 0.348 e. The van der Waals surface area contributed by atoms with E-state index in [0.717, 1.165) is 12.1 Å². The van der Waals surface area contributed by atoms with Gasteiger partial charge in [0.1, 0.15) is 0 Å². The van der Waals surface area contributed by atoms with E-state index in [1.807, 2.05) is 13.8 Å². The molecule has 1 aromatic carbocycles. The SMILES string of the molecule is CC(C)C(CBr)NC(=O)c1ccc(F)c(F)c1. The van der Waals surface area contributed by atoms with Gasteiger partial charge in [-0.05, 0) is 24.1 Å². The minimum absolute atomic E-state index is 0.0457. The van der Waals surface area contributed by atoms with E-state index in [4.69, 9.17) is 0 Å². The average Bonchev–Trinajstić information content (AvgIpc) is 2.28. The topological polar surface area (TPSA) is 29.1 Å². The lowest BCUT2D eigenvalue weighted by molar-refractivity contribution is 0.0931. The van der Waals surface area contributed by atoms with E-state index in [1.54, 1.807) is 0 Å². The molecule has 1 rings (SSSR count). The van der Waals surface area contributed by atoms with Crippen LogP contribution < -0.4 is 5.32 Å². The molecule has 2 nitrogen and oxygen atoms in total. The Balaban J connectivity index is 2.79. The predicted octanol–water partition coefficient (Wildman–Crippen LogP) is 3.11.